The van der Waals surface area contributed by atoms with E-state index in [9.17, 15) is 9.59 Å². The number of nitrogens with two attached hydrogens (primary N) is 1. The largest absolute Gasteiger partial charge is 0.397 e. The zero-order chi connectivity index (χ0) is 10.0. The molecule has 0 fully saturated rings. The predicted octanol–water partition coefficient (Wildman–Crippen LogP) is 1.07. The van der Waals surface area contributed by atoms with E-state index >= 15 is 0 Å². The van der Waals surface area contributed by atoms with Crippen molar-refractivity contribution < 1.29 is 9.59 Å². The molecule has 68 valence electrons. The molecule has 1 aromatic heterocycles. The molecule has 4 nitrogen and oxygen atoms in total. The summed E-state index contributed by atoms with van der Waals surface area (Å²) in [5.41, 5.74) is 6.33. The van der Waals surface area contributed by atoms with Crippen molar-refractivity contribution in [2.45, 2.75) is 13.8 Å². The number of Topliss-reactive ketones (excluding diaryl/α,β-unsaturated/α-hetero) is 2. The van der Waals surface area contributed by atoms with Crippen LogP contribution in [0.25, 0.3) is 0 Å². The van der Waals surface area contributed by atoms with Gasteiger partial charge in [0.1, 0.15) is 0 Å². The minimum Gasteiger partial charge on any atom is -0.397 e. The second kappa shape index (κ2) is 3.35. The van der Waals surface area contributed by atoms with Gasteiger partial charge in [-0.05, 0) is 13.8 Å². The first-order valence-corrected chi connectivity index (χ1v) is 3.79. The summed E-state index contributed by atoms with van der Waals surface area (Å²) in [6, 6.07) is 0. The van der Waals surface area contributed by atoms with E-state index in [-0.39, 0.29) is 28.4 Å². The van der Waals surface area contributed by atoms with E-state index in [1.165, 1.54) is 26.2 Å². The molecule has 1 aromatic rings. The van der Waals surface area contributed by atoms with E-state index in [0.29, 0.717) is 0 Å². The lowest BCUT2D eigenvalue weighted by molar-refractivity contribution is 0.0981. The number of hydrogen-bond donors (Lipinski definition) is 1. The quantitative estimate of drug-likeness (QED) is 0.687. The standard InChI is InChI=1S/C9H10N2O2/c1-5(12)7-3-11-4-8(10)9(7)6(2)13/h3-4H,10H2,1-2H3. The van der Waals surface area contributed by atoms with Crippen LogP contribution in [0.3, 0.4) is 0 Å². The van der Waals surface area contributed by atoms with Gasteiger partial charge >= 0.3 is 0 Å². The van der Waals surface area contributed by atoms with E-state index in [4.69, 9.17) is 5.73 Å². The molecule has 13 heavy (non-hydrogen) atoms. The first kappa shape index (κ1) is 9.38. The number of nitrogen functional groups attached to an aromatic ring is 1. The molecular formula is C9H10N2O2. The molecule has 0 bridgehead atoms. The molecule has 0 aliphatic rings. The fourth-order valence-electron chi connectivity index (χ4n) is 1.14. The molecule has 0 aromatic carbocycles. The number of nitrogens with zero attached hydrogens (tertiary/aromatic N) is 1. The van der Waals surface area contributed by atoms with Gasteiger partial charge in [-0.1, -0.05) is 0 Å². The van der Waals surface area contributed by atoms with Gasteiger partial charge in [0.25, 0.3) is 0 Å². The normalized spacial score (nSPS) is 9.69. The van der Waals surface area contributed by atoms with Gasteiger partial charge in [0, 0.05) is 11.8 Å². The van der Waals surface area contributed by atoms with Crippen LogP contribution in [0, 0.1) is 0 Å². The van der Waals surface area contributed by atoms with E-state index in [1.807, 2.05) is 0 Å². The third kappa shape index (κ3) is 1.72. The predicted molar refractivity (Wildman–Crippen MR) is 48.7 cm³/mol. The second-order valence-electron chi connectivity index (χ2n) is 2.76. The Morgan fingerprint density at radius 2 is 1.85 bits per heavy atom. The van der Waals surface area contributed by atoms with Crippen LogP contribution in [0.15, 0.2) is 12.4 Å². The molecule has 4 heteroatoms. The lowest BCUT2D eigenvalue weighted by Gasteiger charge is -2.04. The van der Waals surface area contributed by atoms with Crippen LogP contribution in [-0.4, -0.2) is 16.6 Å². The molecule has 1 rings (SSSR count). The van der Waals surface area contributed by atoms with Gasteiger partial charge in [0.15, 0.2) is 11.6 Å². The topological polar surface area (TPSA) is 73.1 Å². The summed E-state index contributed by atoms with van der Waals surface area (Å²) in [6.45, 7) is 2.75. The molecular weight excluding hydrogens is 168 g/mol. The third-order valence-electron chi connectivity index (χ3n) is 1.71. The van der Waals surface area contributed by atoms with Crippen LogP contribution in [0.4, 0.5) is 5.69 Å². The monoisotopic (exact) mass is 178 g/mol. The molecule has 0 radical (unpaired) electrons. The van der Waals surface area contributed by atoms with Gasteiger partial charge < -0.3 is 5.73 Å². The summed E-state index contributed by atoms with van der Waals surface area (Å²) < 4.78 is 0. The summed E-state index contributed by atoms with van der Waals surface area (Å²) in [4.78, 5) is 26.0. The molecule has 0 atom stereocenters. The Morgan fingerprint density at radius 1 is 1.23 bits per heavy atom. The Balaban J connectivity index is 3.43. The molecule has 2 N–H and O–H groups in total. The smallest absolute Gasteiger partial charge is 0.162 e. The molecule has 0 aliphatic carbocycles. The van der Waals surface area contributed by atoms with E-state index < -0.39 is 0 Å². The molecule has 0 spiro atoms. The summed E-state index contributed by atoms with van der Waals surface area (Å²) in [7, 11) is 0. The zero-order valence-electron chi connectivity index (χ0n) is 7.50. The van der Waals surface area contributed by atoms with Crippen molar-refractivity contribution in [3.05, 3.63) is 23.5 Å². The van der Waals surface area contributed by atoms with Crippen LogP contribution in [-0.2, 0) is 0 Å². The van der Waals surface area contributed by atoms with Crippen LogP contribution >= 0.6 is 0 Å². The minimum atomic E-state index is -0.217. The maximum absolute atomic E-state index is 11.1. The summed E-state index contributed by atoms with van der Waals surface area (Å²) in [5, 5.41) is 0. The van der Waals surface area contributed by atoms with Crippen molar-refractivity contribution in [1.29, 1.82) is 0 Å². The number of anilines is 1. The Kier molecular flexibility index (Phi) is 2.41. The molecule has 0 unspecified atom stereocenters. The molecule has 1 heterocycles. The van der Waals surface area contributed by atoms with Crippen molar-refractivity contribution in [3.8, 4) is 0 Å². The number of rotatable bonds is 2. The summed E-state index contributed by atoms with van der Waals surface area (Å²) >= 11 is 0. The average molecular weight is 178 g/mol. The first-order valence-electron chi connectivity index (χ1n) is 3.79. The van der Waals surface area contributed by atoms with E-state index in [0.717, 1.165) is 0 Å². The molecule has 0 amide bonds. The van der Waals surface area contributed by atoms with Gasteiger partial charge in [-0.25, -0.2) is 0 Å². The van der Waals surface area contributed by atoms with Crippen LogP contribution in [0.5, 0.6) is 0 Å². The Labute approximate surface area is 75.8 Å². The van der Waals surface area contributed by atoms with Crippen molar-refractivity contribution >= 4 is 17.3 Å². The van der Waals surface area contributed by atoms with Crippen LogP contribution < -0.4 is 5.73 Å². The van der Waals surface area contributed by atoms with Gasteiger partial charge in [-0.3, -0.25) is 14.6 Å². The van der Waals surface area contributed by atoms with E-state index in [1.54, 1.807) is 0 Å². The number of ketones is 2. The highest BCUT2D eigenvalue weighted by Crippen LogP contribution is 2.16. The fourth-order valence-corrected chi connectivity index (χ4v) is 1.14. The maximum Gasteiger partial charge on any atom is 0.162 e. The Hall–Kier alpha value is -1.71. The van der Waals surface area contributed by atoms with E-state index in [2.05, 4.69) is 4.98 Å². The zero-order valence-corrected chi connectivity index (χ0v) is 7.50. The number of carbonyl (C=O) groups excluding carboxylic acids is 2. The van der Waals surface area contributed by atoms with Crippen LogP contribution in [0.1, 0.15) is 34.6 Å². The van der Waals surface area contributed by atoms with Gasteiger partial charge in [-0.15, -0.1) is 0 Å². The highest BCUT2D eigenvalue weighted by atomic mass is 16.1. The number of aromatic nitrogens is 1. The SMILES string of the molecule is CC(=O)c1cncc(N)c1C(C)=O. The average Bonchev–Trinajstić information content (AvgIpc) is 2.02. The lowest BCUT2D eigenvalue weighted by Crippen LogP contribution is -2.08. The second-order valence-corrected chi connectivity index (χ2v) is 2.76. The highest BCUT2D eigenvalue weighted by Gasteiger charge is 2.14. The Bertz CT molecular complexity index is 372. The number of hydrogen-bond acceptors (Lipinski definition) is 4. The number of pyridine rings is 1. The highest BCUT2D eigenvalue weighted by molar-refractivity contribution is 6.10. The Morgan fingerprint density at radius 3 is 2.23 bits per heavy atom. The van der Waals surface area contributed by atoms with Gasteiger partial charge in [-0.2, -0.15) is 0 Å². The van der Waals surface area contributed by atoms with Crippen molar-refractivity contribution in [2.75, 3.05) is 5.73 Å². The first-order chi connectivity index (χ1) is 6.04. The summed E-state index contributed by atoms with van der Waals surface area (Å²) in [5.74, 6) is -0.421. The van der Waals surface area contributed by atoms with Crippen molar-refractivity contribution in [1.82, 2.24) is 4.98 Å². The van der Waals surface area contributed by atoms with Gasteiger partial charge in [0.2, 0.25) is 0 Å². The lowest BCUT2D eigenvalue weighted by atomic mass is 10.0. The molecule has 0 saturated heterocycles. The molecule has 0 aliphatic heterocycles. The van der Waals surface area contributed by atoms with Crippen LogP contribution in [0.2, 0.25) is 0 Å². The fraction of sp³-hybridized carbons (Fsp3) is 0.222. The van der Waals surface area contributed by atoms with Gasteiger partial charge in [0.05, 0.1) is 17.4 Å². The number of carbonyl (C=O) groups is 2. The maximum atomic E-state index is 11.1. The van der Waals surface area contributed by atoms with Crippen molar-refractivity contribution in [2.24, 2.45) is 0 Å². The minimum absolute atomic E-state index is 0.204. The van der Waals surface area contributed by atoms with Crippen molar-refractivity contribution in [3.63, 3.8) is 0 Å². The third-order valence-corrected chi connectivity index (χ3v) is 1.71. The molecule has 0 saturated carbocycles. The summed E-state index contributed by atoms with van der Waals surface area (Å²) in [6.07, 6.45) is 2.72.